The Balaban J connectivity index is 0.00000240. The van der Waals surface area contributed by atoms with Crippen molar-refractivity contribution in [2.45, 2.75) is 44.8 Å². The molecule has 8 rings (SSSR count). The Hall–Kier alpha value is -4.38. The Kier molecular flexibility index (Phi) is 12.1. The number of benzene rings is 3. The zero-order chi connectivity index (χ0) is 34.9. The lowest BCUT2D eigenvalue weighted by molar-refractivity contribution is 0.0193. The first kappa shape index (κ1) is 38.3. The second kappa shape index (κ2) is 16.7. The first-order chi connectivity index (χ1) is 24.9. The van der Waals surface area contributed by atoms with Crippen LogP contribution in [0, 0.1) is 0 Å². The first-order valence-electron chi connectivity index (χ1n) is 17.7. The molecule has 3 aliphatic heterocycles. The van der Waals surface area contributed by atoms with Gasteiger partial charge in [-0.2, -0.15) is 0 Å². The molecule has 3 aromatic carbocycles. The Morgan fingerprint density at radius 1 is 0.849 bits per heavy atom. The largest absolute Gasteiger partial charge is 0.508 e. The van der Waals surface area contributed by atoms with Crippen LogP contribution in [0.2, 0.25) is 5.02 Å². The quantitative estimate of drug-likeness (QED) is 0.181. The number of amides is 2. The summed E-state index contributed by atoms with van der Waals surface area (Å²) in [7, 11) is 0. The molecule has 3 aliphatic rings. The summed E-state index contributed by atoms with van der Waals surface area (Å²) in [5.74, 6) is -0.125. The molecule has 12 heteroatoms. The normalized spacial score (nSPS) is 16.8. The number of fused-ring (bicyclic) bond motifs is 2. The van der Waals surface area contributed by atoms with Gasteiger partial charge in [0.05, 0.1) is 24.5 Å². The van der Waals surface area contributed by atoms with Crippen molar-refractivity contribution >= 4 is 59.6 Å². The van der Waals surface area contributed by atoms with E-state index in [1.54, 1.807) is 59.8 Å². The van der Waals surface area contributed by atoms with Crippen molar-refractivity contribution in [1.29, 1.82) is 0 Å². The molecule has 9 nitrogen and oxygen atoms in total. The fraction of sp³-hybridized carbons (Fsp3) is 0.293. The minimum absolute atomic E-state index is 0. The van der Waals surface area contributed by atoms with Gasteiger partial charge in [-0.15, -0.1) is 24.8 Å². The van der Waals surface area contributed by atoms with E-state index in [4.69, 9.17) is 16.3 Å². The van der Waals surface area contributed by atoms with Crippen molar-refractivity contribution in [3.05, 3.63) is 130 Å². The minimum Gasteiger partial charge on any atom is -0.508 e. The lowest BCUT2D eigenvalue weighted by Gasteiger charge is -2.40. The van der Waals surface area contributed by atoms with Crippen LogP contribution in [-0.2, 0) is 30.7 Å². The average Bonchev–Trinajstić information content (AvgIpc) is 3.56. The van der Waals surface area contributed by atoms with E-state index in [1.807, 2.05) is 29.2 Å². The Morgan fingerprint density at radius 3 is 2.32 bits per heavy atom. The Labute approximate surface area is 327 Å². The molecule has 0 saturated carbocycles. The van der Waals surface area contributed by atoms with E-state index in [2.05, 4.69) is 32.7 Å². The summed E-state index contributed by atoms with van der Waals surface area (Å²) in [5, 5.41) is 10.5. The number of anilines is 2. The van der Waals surface area contributed by atoms with Crippen LogP contribution in [0.3, 0.4) is 0 Å². The van der Waals surface area contributed by atoms with Gasteiger partial charge in [-0.05, 0) is 97.5 Å². The molecule has 0 spiro atoms. The maximum absolute atomic E-state index is 14.9. The van der Waals surface area contributed by atoms with Crippen LogP contribution in [0.15, 0.2) is 97.3 Å². The predicted octanol–water partition coefficient (Wildman–Crippen LogP) is 7.97. The highest BCUT2D eigenvalue weighted by Gasteiger charge is 2.35. The van der Waals surface area contributed by atoms with E-state index in [0.717, 1.165) is 74.4 Å². The molecule has 0 unspecified atom stereocenters. The van der Waals surface area contributed by atoms with Gasteiger partial charge in [0.2, 0.25) is 0 Å². The van der Waals surface area contributed by atoms with Crippen molar-refractivity contribution < 1.29 is 19.4 Å². The highest BCUT2D eigenvalue weighted by atomic mass is 35.5. The maximum Gasteiger partial charge on any atom is 0.264 e. The summed E-state index contributed by atoms with van der Waals surface area (Å²) >= 11 is 6.70. The molecule has 276 valence electrons. The molecule has 0 aliphatic carbocycles. The van der Waals surface area contributed by atoms with E-state index in [-0.39, 0.29) is 48.4 Å². The SMILES string of the molecule is Cl.Cl.O=C(c1cc(-c2cc(Cl)ccc2C(=O)N2Cc3ccccc3C[C@H]2CN2CCOCC2)n2c1CCCC2)N(c1ccncc1)c1ccc(O)cc1. The number of pyridine rings is 1. The van der Waals surface area contributed by atoms with Gasteiger partial charge < -0.3 is 19.3 Å². The van der Waals surface area contributed by atoms with Gasteiger partial charge in [0.15, 0.2) is 0 Å². The Bertz CT molecular complexity index is 2070. The minimum atomic E-state index is -0.197. The molecule has 1 saturated heterocycles. The molecule has 0 bridgehead atoms. The number of ether oxygens (including phenoxy) is 1. The number of halogens is 3. The van der Waals surface area contributed by atoms with Gasteiger partial charge >= 0.3 is 0 Å². The van der Waals surface area contributed by atoms with E-state index in [0.29, 0.717) is 47.3 Å². The number of morpholine rings is 1. The molecular weight excluding hydrogens is 733 g/mol. The van der Waals surface area contributed by atoms with Gasteiger partial charge in [0.1, 0.15) is 5.75 Å². The molecule has 2 aromatic heterocycles. The number of aromatic nitrogens is 2. The lowest BCUT2D eigenvalue weighted by atomic mass is 9.92. The lowest BCUT2D eigenvalue weighted by Crippen LogP contribution is -2.52. The van der Waals surface area contributed by atoms with E-state index >= 15 is 0 Å². The number of hydrogen-bond acceptors (Lipinski definition) is 6. The van der Waals surface area contributed by atoms with Gasteiger partial charge in [0.25, 0.3) is 11.8 Å². The topological polar surface area (TPSA) is 91.1 Å². The number of aromatic hydroxyl groups is 1. The second-order valence-electron chi connectivity index (χ2n) is 13.5. The van der Waals surface area contributed by atoms with Crippen LogP contribution in [0.1, 0.15) is 50.4 Å². The molecule has 2 amide bonds. The number of phenols is 1. The average molecular weight is 775 g/mol. The molecular formula is C41H42Cl3N5O4. The molecule has 1 N–H and O–H groups in total. The summed E-state index contributed by atoms with van der Waals surface area (Å²) in [4.78, 5) is 39.9. The zero-order valence-electron chi connectivity index (χ0n) is 29.2. The van der Waals surface area contributed by atoms with Gasteiger partial charge in [-0.25, -0.2) is 0 Å². The highest BCUT2D eigenvalue weighted by Crippen LogP contribution is 2.38. The van der Waals surface area contributed by atoms with Gasteiger partial charge in [-0.3, -0.25) is 24.4 Å². The molecule has 1 atom stereocenters. The van der Waals surface area contributed by atoms with Crippen molar-refractivity contribution in [2.75, 3.05) is 37.7 Å². The van der Waals surface area contributed by atoms with Crippen molar-refractivity contribution in [3.8, 4) is 17.0 Å². The Morgan fingerprint density at radius 2 is 1.57 bits per heavy atom. The summed E-state index contributed by atoms with van der Waals surface area (Å²) in [5.41, 5.74) is 7.34. The van der Waals surface area contributed by atoms with Gasteiger partial charge in [0, 0.05) is 84.4 Å². The van der Waals surface area contributed by atoms with Crippen LogP contribution in [0.4, 0.5) is 11.4 Å². The summed E-state index contributed by atoms with van der Waals surface area (Å²) in [6, 6.07) is 26.1. The highest BCUT2D eigenvalue weighted by molar-refractivity contribution is 6.31. The molecule has 1 fully saturated rings. The summed E-state index contributed by atoms with van der Waals surface area (Å²) in [6.07, 6.45) is 6.75. The monoisotopic (exact) mass is 773 g/mol. The smallest absolute Gasteiger partial charge is 0.264 e. The first-order valence-corrected chi connectivity index (χ1v) is 18.1. The number of rotatable bonds is 7. The third-order valence-electron chi connectivity index (χ3n) is 10.4. The number of hydrogen-bond donors (Lipinski definition) is 1. The number of carbonyl (C=O) groups is 2. The fourth-order valence-corrected chi connectivity index (χ4v) is 8.00. The third kappa shape index (κ3) is 7.81. The second-order valence-corrected chi connectivity index (χ2v) is 14.0. The number of nitrogens with zero attached hydrogens (tertiary/aromatic N) is 5. The molecule has 5 heterocycles. The van der Waals surface area contributed by atoms with Crippen LogP contribution in [0.5, 0.6) is 5.75 Å². The van der Waals surface area contributed by atoms with Gasteiger partial charge in [-0.1, -0.05) is 35.9 Å². The standard InChI is InChI=1S/C41H40ClN5O4.2ClH/c42-30-8-13-35(40(49)46-26-29-6-2-1-5-28(29)23-33(46)27-44-19-21-51-22-20-44)36(24-30)39-25-37(38-7-3-4-18-45(38)39)41(50)47(32-14-16-43-17-15-32)31-9-11-34(48)12-10-31;;/h1-2,5-6,8-17,24-25,33,48H,3-4,7,18-23,26-27H2;2*1H/t33-;;/m0../s1. The van der Waals surface area contributed by atoms with Crippen LogP contribution in [0.25, 0.3) is 11.3 Å². The molecule has 5 aromatic rings. The van der Waals surface area contributed by atoms with E-state index in [9.17, 15) is 14.7 Å². The van der Waals surface area contributed by atoms with Crippen molar-refractivity contribution in [3.63, 3.8) is 0 Å². The van der Waals surface area contributed by atoms with Crippen molar-refractivity contribution in [2.24, 2.45) is 0 Å². The maximum atomic E-state index is 14.9. The number of phenolic OH excluding ortho intramolecular Hbond substituents is 1. The zero-order valence-corrected chi connectivity index (χ0v) is 31.6. The summed E-state index contributed by atoms with van der Waals surface area (Å²) < 4.78 is 7.83. The molecule has 0 radical (unpaired) electrons. The van der Waals surface area contributed by atoms with Crippen LogP contribution < -0.4 is 4.90 Å². The van der Waals surface area contributed by atoms with E-state index < -0.39 is 0 Å². The van der Waals surface area contributed by atoms with Crippen LogP contribution in [-0.4, -0.2) is 75.2 Å². The predicted molar refractivity (Wildman–Crippen MR) is 212 cm³/mol. The third-order valence-corrected chi connectivity index (χ3v) is 10.6. The van der Waals surface area contributed by atoms with Crippen molar-refractivity contribution in [1.82, 2.24) is 19.4 Å². The fourth-order valence-electron chi connectivity index (χ4n) is 7.82. The summed E-state index contributed by atoms with van der Waals surface area (Å²) in [6.45, 7) is 5.11. The number of carbonyl (C=O) groups excluding carboxylic acids is 2. The van der Waals surface area contributed by atoms with E-state index in [1.165, 1.54) is 5.56 Å². The molecule has 53 heavy (non-hydrogen) atoms. The van der Waals surface area contributed by atoms with Crippen LogP contribution >= 0.6 is 36.4 Å².